The molecule has 0 aliphatic carbocycles. The van der Waals surface area contributed by atoms with Crippen LogP contribution in [0.1, 0.15) is 19.4 Å². The highest BCUT2D eigenvalue weighted by Gasteiger charge is 2.14. The summed E-state index contributed by atoms with van der Waals surface area (Å²) in [6.45, 7) is 4.93. The summed E-state index contributed by atoms with van der Waals surface area (Å²) < 4.78 is 0. The molecule has 0 fully saturated rings. The van der Waals surface area contributed by atoms with Gasteiger partial charge < -0.3 is 4.90 Å². The Hall–Kier alpha value is -1.82. The molecule has 90 valence electrons. The predicted molar refractivity (Wildman–Crippen MR) is 67.2 cm³/mol. The minimum Gasteiger partial charge on any atom is -0.341 e. The van der Waals surface area contributed by atoms with Crippen molar-refractivity contribution in [3.05, 3.63) is 35.9 Å². The lowest BCUT2D eigenvalue weighted by molar-refractivity contribution is -0.130. The van der Waals surface area contributed by atoms with Gasteiger partial charge in [0.15, 0.2) is 0 Å². The van der Waals surface area contributed by atoms with Gasteiger partial charge >= 0.3 is 0 Å². The summed E-state index contributed by atoms with van der Waals surface area (Å²) in [7, 11) is 0. The zero-order valence-electron chi connectivity index (χ0n) is 10.4. The molecule has 0 bridgehead atoms. The molecular weight excluding hydrogens is 212 g/mol. The molecule has 1 rings (SSSR count). The normalized spacial score (nSPS) is 11.6. The largest absolute Gasteiger partial charge is 0.341 e. The Balaban J connectivity index is 2.59. The SMILES string of the molecule is CCN(CC(C)C#N)C(=O)Cc1ccccc1. The summed E-state index contributed by atoms with van der Waals surface area (Å²) in [4.78, 5) is 13.7. The van der Waals surface area contributed by atoms with E-state index in [0.29, 0.717) is 19.5 Å². The maximum absolute atomic E-state index is 12.0. The van der Waals surface area contributed by atoms with E-state index in [0.717, 1.165) is 5.56 Å². The van der Waals surface area contributed by atoms with Crippen LogP contribution in [-0.2, 0) is 11.2 Å². The minimum atomic E-state index is -0.116. The summed E-state index contributed by atoms with van der Waals surface area (Å²) in [5.74, 6) is -0.0320. The van der Waals surface area contributed by atoms with Gasteiger partial charge in [-0.1, -0.05) is 30.3 Å². The van der Waals surface area contributed by atoms with Gasteiger partial charge in [0.25, 0.3) is 0 Å². The second-order valence-corrected chi connectivity index (χ2v) is 4.12. The number of hydrogen-bond donors (Lipinski definition) is 0. The van der Waals surface area contributed by atoms with Gasteiger partial charge in [-0.3, -0.25) is 4.79 Å². The maximum atomic E-state index is 12.0. The summed E-state index contributed by atoms with van der Waals surface area (Å²) in [5, 5.41) is 8.76. The Labute approximate surface area is 103 Å². The van der Waals surface area contributed by atoms with Crippen molar-refractivity contribution in [2.75, 3.05) is 13.1 Å². The first kappa shape index (κ1) is 13.2. The third-order valence-electron chi connectivity index (χ3n) is 2.65. The maximum Gasteiger partial charge on any atom is 0.227 e. The summed E-state index contributed by atoms with van der Waals surface area (Å²) >= 11 is 0. The fourth-order valence-corrected chi connectivity index (χ4v) is 1.66. The van der Waals surface area contributed by atoms with Gasteiger partial charge in [0.1, 0.15) is 0 Å². The summed E-state index contributed by atoms with van der Waals surface area (Å²) in [6.07, 6.45) is 0.410. The van der Waals surface area contributed by atoms with Gasteiger partial charge in [-0.25, -0.2) is 0 Å². The molecule has 0 aromatic heterocycles. The molecule has 1 amide bonds. The molecule has 0 spiro atoms. The average molecular weight is 230 g/mol. The third kappa shape index (κ3) is 4.28. The molecule has 3 nitrogen and oxygen atoms in total. The van der Waals surface area contributed by atoms with Crippen LogP contribution in [0.2, 0.25) is 0 Å². The molecule has 0 aliphatic rings. The molecule has 17 heavy (non-hydrogen) atoms. The molecule has 0 heterocycles. The molecule has 1 unspecified atom stereocenters. The molecule has 3 heteroatoms. The van der Waals surface area contributed by atoms with Crippen LogP contribution >= 0.6 is 0 Å². The second kappa shape index (κ2) is 6.70. The van der Waals surface area contributed by atoms with Crippen molar-refractivity contribution in [3.8, 4) is 6.07 Å². The third-order valence-corrected chi connectivity index (χ3v) is 2.65. The minimum absolute atomic E-state index is 0.0841. The predicted octanol–water partition coefficient (Wildman–Crippen LogP) is 2.24. The van der Waals surface area contributed by atoms with Crippen LogP contribution in [0.3, 0.4) is 0 Å². The Kier molecular flexibility index (Phi) is 5.22. The van der Waals surface area contributed by atoms with E-state index < -0.39 is 0 Å². The first-order valence-electron chi connectivity index (χ1n) is 5.88. The van der Waals surface area contributed by atoms with Crippen molar-refractivity contribution in [2.24, 2.45) is 5.92 Å². The van der Waals surface area contributed by atoms with E-state index >= 15 is 0 Å². The highest BCUT2D eigenvalue weighted by molar-refractivity contribution is 5.78. The Morgan fingerprint density at radius 2 is 2.06 bits per heavy atom. The van der Waals surface area contributed by atoms with Crippen LogP contribution in [0.25, 0.3) is 0 Å². The molecular formula is C14H18N2O. The number of likely N-dealkylation sites (N-methyl/N-ethyl adjacent to an activating group) is 1. The monoisotopic (exact) mass is 230 g/mol. The first-order chi connectivity index (χ1) is 8.17. The van der Waals surface area contributed by atoms with Crippen molar-refractivity contribution in [3.63, 3.8) is 0 Å². The number of rotatable bonds is 5. The van der Waals surface area contributed by atoms with Gasteiger partial charge in [0, 0.05) is 13.1 Å². The van der Waals surface area contributed by atoms with Crippen LogP contribution in [0.15, 0.2) is 30.3 Å². The van der Waals surface area contributed by atoms with Crippen molar-refractivity contribution >= 4 is 5.91 Å². The van der Waals surface area contributed by atoms with E-state index in [4.69, 9.17) is 5.26 Å². The topological polar surface area (TPSA) is 44.1 Å². The standard InChI is InChI=1S/C14H18N2O/c1-3-16(11-12(2)10-15)14(17)9-13-7-5-4-6-8-13/h4-8,12H,3,9,11H2,1-2H3. The fraction of sp³-hybridized carbons (Fsp3) is 0.429. The molecule has 1 aromatic rings. The van der Waals surface area contributed by atoms with Gasteiger partial charge in [-0.15, -0.1) is 0 Å². The van der Waals surface area contributed by atoms with E-state index in [1.54, 1.807) is 4.90 Å². The van der Waals surface area contributed by atoms with E-state index in [-0.39, 0.29) is 11.8 Å². The molecule has 0 radical (unpaired) electrons. The van der Waals surface area contributed by atoms with Crippen LogP contribution in [0, 0.1) is 17.2 Å². The Morgan fingerprint density at radius 1 is 1.41 bits per heavy atom. The highest BCUT2D eigenvalue weighted by Crippen LogP contribution is 2.05. The number of nitriles is 1. The Morgan fingerprint density at radius 3 is 2.59 bits per heavy atom. The molecule has 0 saturated heterocycles. The van der Waals surface area contributed by atoms with Gasteiger partial charge in [0.2, 0.25) is 5.91 Å². The smallest absolute Gasteiger partial charge is 0.227 e. The van der Waals surface area contributed by atoms with Gasteiger partial charge in [-0.05, 0) is 19.4 Å². The fourth-order valence-electron chi connectivity index (χ4n) is 1.66. The van der Waals surface area contributed by atoms with Crippen LogP contribution in [0.5, 0.6) is 0 Å². The van der Waals surface area contributed by atoms with E-state index in [1.165, 1.54) is 0 Å². The van der Waals surface area contributed by atoms with Crippen LogP contribution < -0.4 is 0 Å². The van der Waals surface area contributed by atoms with Crippen molar-refractivity contribution < 1.29 is 4.79 Å². The van der Waals surface area contributed by atoms with Crippen molar-refractivity contribution in [1.82, 2.24) is 4.90 Å². The molecule has 0 N–H and O–H groups in total. The van der Waals surface area contributed by atoms with E-state index in [2.05, 4.69) is 6.07 Å². The highest BCUT2D eigenvalue weighted by atomic mass is 16.2. The first-order valence-corrected chi connectivity index (χ1v) is 5.88. The van der Waals surface area contributed by atoms with E-state index in [9.17, 15) is 4.79 Å². The van der Waals surface area contributed by atoms with Gasteiger partial charge in [-0.2, -0.15) is 5.26 Å². The average Bonchev–Trinajstić information content (AvgIpc) is 2.36. The molecule has 1 atom stereocenters. The summed E-state index contributed by atoms with van der Waals surface area (Å²) in [5.41, 5.74) is 1.01. The Bertz CT molecular complexity index is 394. The lowest BCUT2D eigenvalue weighted by Crippen LogP contribution is -2.35. The van der Waals surface area contributed by atoms with Crippen LogP contribution in [-0.4, -0.2) is 23.9 Å². The number of carbonyl (C=O) groups excluding carboxylic acids is 1. The van der Waals surface area contributed by atoms with Crippen LogP contribution in [0.4, 0.5) is 0 Å². The lowest BCUT2D eigenvalue weighted by atomic mass is 10.1. The van der Waals surface area contributed by atoms with Crippen molar-refractivity contribution in [1.29, 1.82) is 5.26 Å². The lowest BCUT2D eigenvalue weighted by Gasteiger charge is -2.22. The number of amides is 1. The van der Waals surface area contributed by atoms with Crippen molar-refractivity contribution in [2.45, 2.75) is 20.3 Å². The number of nitrogens with zero attached hydrogens (tertiary/aromatic N) is 2. The summed E-state index contributed by atoms with van der Waals surface area (Å²) in [6, 6.07) is 11.8. The zero-order chi connectivity index (χ0) is 12.7. The number of hydrogen-bond acceptors (Lipinski definition) is 2. The van der Waals surface area contributed by atoms with E-state index in [1.807, 2.05) is 44.2 Å². The quantitative estimate of drug-likeness (QED) is 0.778. The molecule has 0 aliphatic heterocycles. The second-order valence-electron chi connectivity index (χ2n) is 4.12. The molecule has 1 aromatic carbocycles. The number of benzene rings is 1. The zero-order valence-corrected chi connectivity index (χ0v) is 10.4. The van der Waals surface area contributed by atoms with Gasteiger partial charge in [0.05, 0.1) is 18.4 Å². The molecule has 0 saturated carbocycles. The number of carbonyl (C=O) groups is 1.